The topological polar surface area (TPSA) is 91.8 Å². The summed E-state index contributed by atoms with van der Waals surface area (Å²) < 4.78 is 48.9. The average Bonchev–Trinajstić information content (AvgIpc) is 2.78. The summed E-state index contributed by atoms with van der Waals surface area (Å²) in [6.45, 7) is -0.245. The molecule has 1 unspecified atom stereocenters. The van der Waals surface area contributed by atoms with E-state index in [2.05, 4.69) is 0 Å². The van der Waals surface area contributed by atoms with Crippen LogP contribution >= 0.6 is 0 Å². The fourth-order valence-corrected chi connectivity index (χ4v) is 5.55. The molecule has 8 heteroatoms. The number of nitrogens with zero attached hydrogens (tertiary/aromatic N) is 1. The van der Waals surface area contributed by atoms with Crippen molar-refractivity contribution >= 4 is 19.9 Å². The molecule has 1 aliphatic rings. The van der Waals surface area contributed by atoms with Crippen LogP contribution in [0.25, 0.3) is 0 Å². The maximum absolute atomic E-state index is 12.4. The second-order valence-corrected chi connectivity index (χ2v) is 9.11. The van der Waals surface area contributed by atoms with Crippen molar-refractivity contribution in [3.8, 4) is 0 Å². The molecule has 1 aliphatic heterocycles. The smallest absolute Gasteiger partial charge is 0.243 e. The number of sulfone groups is 1. The number of benzene rings is 1. The predicted molar refractivity (Wildman–Crippen MR) is 74.4 cm³/mol. The minimum absolute atomic E-state index is 0.0220. The van der Waals surface area contributed by atoms with Crippen LogP contribution in [0.5, 0.6) is 0 Å². The summed E-state index contributed by atoms with van der Waals surface area (Å²) in [5, 5.41) is 9.06. The monoisotopic (exact) mass is 319 g/mol. The van der Waals surface area contributed by atoms with Crippen LogP contribution in [0.3, 0.4) is 0 Å². The van der Waals surface area contributed by atoms with Crippen LogP contribution in [0.15, 0.2) is 29.2 Å². The third kappa shape index (κ3) is 3.03. The Kier molecular flexibility index (Phi) is 4.19. The maximum Gasteiger partial charge on any atom is 0.243 e. The van der Waals surface area contributed by atoms with Crippen LogP contribution in [-0.4, -0.2) is 50.8 Å². The Hall–Kier alpha value is -0.960. The standard InChI is InChI=1S/C12H17NO5S2/c1-13(11-5-6-19(15,16)9-11)20(17,18)12-4-2-3-10(7-12)8-14/h2-4,7,11,14H,5-6,8-9H2,1H3. The van der Waals surface area contributed by atoms with Gasteiger partial charge >= 0.3 is 0 Å². The molecule has 112 valence electrons. The van der Waals surface area contributed by atoms with Crippen molar-refractivity contribution in [1.29, 1.82) is 0 Å². The van der Waals surface area contributed by atoms with E-state index in [4.69, 9.17) is 5.11 Å². The van der Waals surface area contributed by atoms with E-state index in [0.29, 0.717) is 12.0 Å². The second kappa shape index (κ2) is 5.44. The van der Waals surface area contributed by atoms with Crippen molar-refractivity contribution in [3.05, 3.63) is 29.8 Å². The van der Waals surface area contributed by atoms with Gasteiger partial charge in [0.1, 0.15) is 0 Å². The number of rotatable bonds is 4. The van der Waals surface area contributed by atoms with Crippen molar-refractivity contribution in [3.63, 3.8) is 0 Å². The molecule has 0 bridgehead atoms. The average molecular weight is 319 g/mol. The van der Waals surface area contributed by atoms with Gasteiger partial charge < -0.3 is 5.11 Å². The molecule has 20 heavy (non-hydrogen) atoms. The predicted octanol–water partition coefficient (Wildman–Crippen LogP) is -0.0135. The highest BCUT2D eigenvalue weighted by Gasteiger charge is 2.36. The quantitative estimate of drug-likeness (QED) is 0.842. The van der Waals surface area contributed by atoms with Gasteiger partial charge in [-0.2, -0.15) is 4.31 Å². The Morgan fingerprint density at radius 3 is 2.65 bits per heavy atom. The first-order chi connectivity index (χ1) is 9.26. The molecule has 1 aromatic carbocycles. The van der Waals surface area contributed by atoms with E-state index in [1.165, 1.54) is 19.2 Å². The number of sulfonamides is 1. The number of hydrogen-bond acceptors (Lipinski definition) is 5. The molecular weight excluding hydrogens is 302 g/mol. The molecule has 0 amide bonds. The van der Waals surface area contributed by atoms with Gasteiger partial charge in [0.15, 0.2) is 9.84 Å². The summed E-state index contributed by atoms with van der Waals surface area (Å²) in [6.07, 6.45) is 0.317. The van der Waals surface area contributed by atoms with Crippen LogP contribution in [0.1, 0.15) is 12.0 Å². The number of aliphatic hydroxyl groups is 1. The molecule has 1 heterocycles. The molecule has 1 fully saturated rings. The number of hydrogen-bond donors (Lipinski definition) is 1. The van der Waals surface area contributed by atoms with E-state index in [1.807, 2.05) is 0 Å². The first-order valence-electron chi connectivity index (χ1n) is 6.14. The zero-order valence-corrected chi connectivity index (χ0v) is 12.7. The van der Waals surface area contributed by atoms with Crippen LogP contribution in [-0.2, 0) is 26.5 Å². The van der Waals surface area contributed by atoms with Gasteiger partial charge in [-0.3, -0.25) is 0 Å². The summed E-state index contributed by atoms with van der Waals surface area (Å²) in [6, 6.07) is 5.49. The van der Waals surface area contributed by atoms with Crippen molar-refractivity contribution in [1.82, 2.24) is 4.31 Å². The first-order valence-corrected chi connectivity index (χ1v) is 9.41. The minimum atomic E-state index is -3.75. The van der Waals surface area contributed by atoms with Crippen LogP contribution in [0.4, 0.5) is 0 Å². The third-order valence-corrected chi connectivity index (χ3v) is 7.14. The molecule has 6 nitrogen and oxygen atoms in total. The molecule has 0 aliphatic carbocycles. The lowest BCUT2D eigenvalue weighted by Gasteiger charge is -2.23. The van der Waals surface area contributed by atoms with E-state index < -0.39 is 25.9 Å². The highest BCUT2D eigenvalue weighted by atomic mass is 32.2. The summed E-state index contributed by atoms with van der Waals surface area (Å²) in [5.41, 5.74) is 0.499. The summed E-state index contributed by atoms with van der Waals surface area (Å²) in [5.74, 6) is -0.114. The van der Waals surface area contributed by atoms with Gasteiger partial charge in [-0.1, -0.05) is 12.1 Å². The van der Waals surface area contributed by atoms with E-state index >= 15 is 0 Å². The lowest BCUT2D eigenvalue weighted by atomic mass is 10.2. The van der Waals surface area contributed by atoms with Gasteiger partial charge in [-0.05, 0) is 24.1 Å². The maximum atomic E-state index is 12.4. The second-order valence-electron chi connectivity index (χ2n) is 4.88. The zero-order chi connectivity index (χ0) is 15.0. The zero-order valence-electron chi connectivity index (χ0n) is 11.1. The van der Waals surface area contributed by atoms with Crippen molar-refractivity contribution in [2.45, 2.75) is 24.0 Å². The Bertz CT molecular complexity index is 696. The Labute approximate surface area is 119 Å². The van der Waals surface area contributed by atoms with Crippen molar-refractivity contribution < 1.29 is 21.9 Å². The molecule has 1 aromatic rings. The molecule has 0 saturated carbocycles. The molecule has 0 radical (unpaired) electrons. The molecule has 1 N–H and O–H groups in total. The highest BCUT2D eigenvalue weighted by molar-refractivity contribution is 7.92. The normalized spacial score (nSPS) is 22.2. The lowest BCUT2D eigenvalue weighted by Crippen LogP contribution is -2.37. The highest BCUT2D eigenvalue weighted by Crippen LogP contribution is 2.23. The van der Waals surface area contributed by atoms with Gasteiger partial charge in [0, 0.05) is 13.1 Å². The van der Waals surface area contributed by atoms with Crippen LogP contribution in [0, 0.1) is 0 Å². The van der Waals surface area contributed by atoms with Gasteiger partial charge in [0.25, 0.3) is 0 Å². The van der Waals surface area contributed by atoms with E-state index in [9.17, 15) is 16.8 Å². The fraction of sp³-hybridized carbons (Fsp3) is 0.500. The third-order valence-electron chi connectivity index (χ3n) is 3.48. The first kappa shape index (κ1) is 15.4. The Morgan fingerprint density at radius 1 is 1.40 bits per heavy atom. The molecule has 1 atom stereocenters. The molecule has 0 spiro atoms. The SMILES string of the molecule is CN(C1CCS(=O)(=O)C1)S(=O)(=O)c1cccc(CO)c1. The summed E-state index contributed by atoms with van der Waals surface area (Å²) in [4.78, 5) is 0.0656. The lowest BCUT2D eigenvalue weighted by molar-refractivity contribution is 0.281. The molecule has 0 aromatic heterocycles. The number of aliphatic hydroxyl groups excluding tert-OH is 1. The summed E-state index contributed by atoms with van der Waals surface area (Å²) in [7, 11) is -5.49. The van der Waals surface area contributed by atoms with Gasteiger partial charge in [-0.25, -0.2) is 16.8 Å². The Morgan fingerprint density at radius 2 is 2.10 bits per heavy atom. The Balaban J connectivity index is 2.30. The van der Waals surface area contributed by atoms with E-state index in [0.717, 1.165) is 4.31 Å². The van der Waals surface area contributed by atoms with Gasteiger partial charge in [0.05, 0.1) is 23.0 Å². The van der Waals surface area contributed by atoms with Gasteiger partial charge in [-0.15, -0.1) is 0 Å². The van der Waals surface area contributed by atoms with Crippen molar-refractivity contribution in [2.75, 3.05) is 18.6 Å². The van der Waals surface area contributed by atoms with E-state index in [-0.39, 0.29) is 23.0 Å². The fourth-order valence-electron chi connectivity index (χ4n) is 2.23. The summed E-state index contributed by atoms with van der Waals surface area (Å²) >= 11 is 0. The van der Waals surface area contributed by atoms with Crippen LogP contribution < -0.4 is 0 Å². The molecule has 2 rings (SSSR count). The van der Waals surface area contributed by atoms with Crippen LogP contribution in [0.2, 0.25) is 0 Å². The largest absolute Gasteiger partial charge is 0.392 e. The van der Waals surface area contributed by atoms with Crippen molar-refractivity contribution in [2.24, 2.45) is 0 Å². The molecule has 1 saturated heterocycles. The van der Waals surface area contributed by atoms with Gasteiger partial charge in [0.2, 0.25) is 10.0 Å². The minimum Gasteiger partial charge on any atom is -0.392 e. The molecular formula is C12H17NO5S2. The van der Waals surface area contributed by atoms with E-state index in [1.54, 1.807) is 12.1 Å².